The summed E-state index contributed by atoms with van der Waals surface area (Å²) in [5.74, 6) is 0. The highest BCUT2D eigenvalue weighted by molar-refractivity contribution is 8.00. The van der Waals surface area contributed by atoms with Gasteiger partial charge < -0.3 is 5.32 Å². The number of nitrogens with one attached hydrogen (secondary N) is 1. The van der Waals surface area contributed by atoms with Crippen molar-refractivity contribution in [3.8, 4) is 0 Å². The third-order valence-electron chi connectivity index (χ3n) is 4.77. The van der Waals surface area contributed by atoms with Crippen LogP contribution in [-0.2, 0) is 6.42 Å². The molecule has 1 unspecified atom stereocenters. The van der Waals surface area contributed by atoms with Gasteiger partial charge in [0.25, 0.3) is 0 Å². The molecule has 0 fully saturated rings. The molecule has 0 bridgehead atoms. The SMILES string of the molecule is CCC(CC)(CNC1CCc2ccc(C)cc21)SC. The summed E-state index contributed by atoms with van der Waals surface area (Å²) in [6.45, 7) is 7.95. The lowest BCUT2D eigenvalue weighted by molar-refractivity contribution is 0.443. The van der Waals surface area contributed by atoms with Crippen molar-refractivity contribution in [1.82, 2.24) is 5.32 Å². The smallest absolute Gasteiger partial charge is 0.0326 e. The number of rotatable bonds is 6. The Morgan fingerprint density at radius 2 is 2.05 bits per heavy atom. The number of benzene rings is 1. The summed E-state index contributed by atoms with van der Waals surface area (Å²) in [5.41, 5.74) is 4.47. The number of fused-ring (bicyclic) bond motifs is 1. The molecule has 1 aromatic carbocycles. The Morgan fingerprint density at radius 3 is 2.68 bits per heavy atom. The molecule has 0 heterocycles. The van der Waals surface area contributed by atoms with E-state index in [9.17, 15) is 0 Å². The van der Waals surface area contributed by atoms with Crippen LogP contribution >= 0.6 is 11.8 Å². The number of hydrogen-bond acceptors (Lipinski definition) is 2. The van der Waals surface area contributed by atoms with Crippen LogP contribution in [0.3, 0.4) is 0 Å². The zero-order valence-electron chi connectivity index (χ0n) is 12.8. The Kier molecular flexibility index (Phi) is 4.97. The molecule has 1 aromatic rings. The summed E-state index contributed by atoms with van der Waals surface area (Å²) >= 11 is 2.02. The van der Waals surface area contributed by atoms with Crippen LogP contribution in [0.4, 0.5) is 0 Å². The van der Waals surface area contributed by atoms with Crippen LogP contribution in [0.15, 0.2) is 18.2 Å². The lowest BCUT2D eigenvalue weighted by atomic mass is 10.0. The largest absolute Gasteiger partial charge is 0.309 e. The van der Waals surface area contributed by atoms with E-state index in [-0.39, 0.29) is 0 Å². The molecule has 106 valence electrons. The summed E-state index contributed by atoms with van der Waals surface area (Å²) in [6, 6.07) is 7.50. The van der Waals surface area contributed by atoms with E-state index in [1.54, 1.807) is 11.1 Å². The van der Waals surface area contributed by atoms with E-state index in [0.717, 1.165) is 6.54 Å². The zero-order valence-corrected chi connectivity index (χ0v) is 13.6. The average Bonchev–Trinajstić information content (AvgIpc) is 2.83. The lowest BCUT2D eigenvalue weighted by Crippen LogP contribution is -2.38. The summed E-state index contributed by atoms with van der Waals surface area (Å²) < 4.78 is 0.409. The van der Waals surface area contributed by atoms with E-state index < -0.39 is 0 Å². The molecule has 0 spiro atoms. The third kappa shape index (κ3) is 3.17. The minimum Gasteiger partial charge on any atom is -0.309 e. The van der Waals surface area contributed by atoms with Gasteiger partial charge in [0.2, 0.25) is 0 Å². The van der Waals surface area contributed by atoms with Crippen molar-refractivity contribution in [3.05, 3.63) is 34.9 Å². The number of thioether (sulfide) groups is 1. The molecule has 1 nitrogen and oxygen atoms in total. The Balaban J connectivity index is 2.05. The van der Waals surface area contributed by atoms with Crippen LogP contribution in [0.5, 0.6) is 0 Å². The zero-order chi connectivity index (χ0) is 13.9. The van der Waals surface area contributed by atoms with E-state index in [0.29, 0.717) is 10.8 Å². The maximum atomic E-state index is 3.84. The molecular weight excluding hydrogens is 250 g/mol. The predicted octanol–water partition coefficient (Wildman–Crippen LogP) is 4.49. The minimum atomic E-state index is 0.409. The molecule has 0 aliphatic heterocycles. The van der Waals surface area contributed by atoms with Crippen molar-refractivity contribution in [2.75, 3.05) is 12.8 Å². The fourth-order valence-electron chi connectivity index (χ4n) is 3.10. The molecule has 0 aromatic heterocycles. The fraction of sp³-hybridized carbons (Fsp3) is 0.647. The van der Waals surface area contributed by atoms with Crippen LogP contribution in [0.1, 0.15) is 55.8 Å². The molecule has 2 rings (SSSR count). The molecule has 0 amide bonds. The van der Waals surface area contributed by atoms with Gasteiger partial charge in [-0.1, -0.05) is 37.6 Å². The van der Waals surface area contributed by atoms with Gasteiger partial charge in [-0.2, -0.15) is 11.8 Å². The van der Waals surface area contributed by atoms with Gasteiger partial charge in [0.15, 0.2) is 0 Å². The summed E-state index contributed by atoms with van der Waals surface area (Å²) in [4.78, 5) is 0. The monoisotopic (exact) mass is 277 g/mol. The van der Waals surface area contributed by atoms with Gasteiger partial charge in [0.1, 0.15) is 0 Å². The predicted molar refractivity (Wildman–Crippen MR) is 87.1 cm³/mol. The first kappa shape index (κ1) is 14.9. The molecular formula is C17H27NS. The van der Waals surface area contributed by atoms with E-state index in [1.165, 1.54) is 31.2 Å². The van der Waals surface area contributed by atoms with Crippen molar-refractivity contribution in [1.29, 1.82) is 0 Å². The van der Waals surface area contributed by atoms with Crippen molar-refractivity contribution < 1.29 is 0 Å². The van der Waals surface area contributed by atoms with Crippen LogP contribution in [0.25, 0.3) is 0 Å². The van der Waals surface area contributed by atoms with Crippen molar-refractivity contribution in [2.45, 2.75) is 57.2 Å². The second-order valence-electron chi connectivity index (χ2n) is 5.77. The Bertz CT molecular complexity index is 415. The molecule has 1 aliphatic carbocycles. The van der Waals surface area contributed by atoms with Gasteiger partial charge in [-0.25, -0.2) is 0 Å². The Morgan fingerprint density at radius 1 is 1.32 bits per heavy atom. The van der Waals surface area contributed by atoms with Gasteiger partial charge >= 0.3 is 0 Å². The maximum absolute atomic E-state index is 3.84. The molecule has 1 atom stereocenters. The second kappa shape index (κ2) is 6.32. The fourth-order valence-corrected chi connectivity index (χ4v) is 3.91. The first-order valence-corrected chi connectivity index (χ1v) is 8.74. The van der Waals surface area contributed by atoms with Gasteiger partial charge in [-0.3, -0.25) is 0 Å². The van der Waals surface area contributed by atoms with Crippen molar-refractivity contribution in [3.63, 3.8) is 0 Å². The van der Waals surface area contributed by atoms with E-state index in [1.807, 2.05) is 11.8 Å². The highest BCUT2D eigenvalue weighted by Crippen LogP contribution is 2.34. The average molecular weight is 277 g/mol. The molecule has 2 heteroatoms. The molecule has 0 radical (unpaired) electrons. The normalized spacial score (nSPS) is 18.6. The number of aryl methyl sites for hydroxylation is 2. The van der Waals surface area contributed by atoms with Crippen LogP contribution in [0, 0.1) is 6.92 Å². The topological polar surface area (TPSA) is 12.0 Å². The van der Waals surface area contributed by atoms with Crippen LogP contribution in [0.2, 0.25) is 0 Å². The maximum Gasteiger partial charge on any atom is 0.0326 e. The van der Waals surface area contributed by atoms with E-state index in [2.05, 4.69) is 50.5 Å². The van der Waals surface area contributed by atoms with Gasteiger partial charge in [-0.15, -0.1) is 0 Å². The van der Waals surface area contributed by atoms with Gasteiger partial charge in [0.05, 0.1) is 0 Å². The highest BCUT2D eigenvalue weighted by atomic mass is 32.2. The standard InChI is InChI=1S/C17H27NS/c1-5-17(6-2,19-4)12-18-16-10-9-14-8-7-13(3)11-15(14)16/h7-8,11,16,18H,5-6,9-10,12H2,1-4H3. The summed E-state index contributed by atoms with van der Waals surface area (Å²) in [7, 11) is 0. The van der Waals surface area contributed by atoms with Crippen LogP contribution < -0.4 is 5.32 Å². The second-order valence-corrected chi connectivity index (χ2v) is 7.04. The summed E-state index contributed by atoms with van der Waals surface area (Å²) in [6.07, 6.45) is 7.23. The van der Waals surface area contributed by atoms with E-state index >= 15 is 0 Å². The minimum absolute atomic E-state index is 0.409. The molecule has 0 saturated carbocycles. The molecule has 1 aliphatic rings. The lowest BCUT2D eigenvalue weighted by Gasteiger charge is -2.31. The summed E-state index contributed by atoms with van der Waals surface area (Å²) in [5, 5.41) is 3.84. The van der Waals surface area contributed by atoms with Crippen molar-refractivity contribution >= 4 is 11.8 Å². The van der Waals surface area contributed by atoms with E-state index in [4.69, 9.17) is 0 Å². The number of hydrogen-bond donors (Lipinski definition) is 1. The van der Waals surface area contributed by atoms with Gasteiger partial charge in [-0.05, 0) is 50.0 Å². The van der Waals surface area contributed by atoms with Crippen LogP contribution in [-0.4, -0.2) is 17.5 Å². The first-order valence-electron chi connectivity index (χ1n) is 7.52. The highest BCUT2D eigenvalue weighted by Gasteiger charge is 2.28. The molecule has 0 saturated heterocycles. The first-order chi connectivity index (χ1) is 9.14. The van der Waals surface area contributed by atoms with Gasteiger partial charge in [0, 0.05) is 17.3 Å². The third-order valence-corrected chi connectivity index (χ3v) is 6.36. The molecule has 19 heavy (non-hydrogen) atoms. The Hall–Kier alpha value is -0.470. The Labute approximate surface area is 122 Å². The quantitative estimate of drug-likeness (QED) is 0.822. The molecule has 1 N–H and O–H groups in total. The van der Waals surface area contributed by atoms with Crippen molar-refractivity contribution in [2.24, 2.45) is 0 Å².